The first kappa shape index (κ1) is 15.4. The number of esters is 1. The van der Waals surface area contributed by atoms with Crippen LogP contribution in [0.15, 0.2) is 18.2 Å². The highest BCUT2D eigenvalue weighted by atomic mass is 19.4. The number of alkyl halides is 3. The van der Waals surface area contributed by atoms with E-state index in [9.17, 15) is 22.4 Å². The second kappa shape index (κ2) is 6.01. The normalized spacial score (nSPS) is 13.2. The van der Waals surface area contributed by atoms with Crippen molar-refractivity contribution in [2.45, 2.75) is 18.5 Å². The van der Waals surface area contributed by atoms with Crippen LogP contribution < -0.4 is 5.73 Å². The predicted octanol–water partition coefficient (Wildman–Crippen LogP) is 2.45. The number of hydrogen-bond donors (Lipinski definition) is 1. The van der Waals surface area contributed by atoms with Crippen LogP contribution in [-0.4, -0.2) is 19.6 Å². The summed E-state index contributed by atoms with van der Waals surface area (Å²) in [6.07, 6.45) is -4.94. The molecule has 106 valence electrons. The van der Waals surface area contributed by atoms with Crippen molar-refractivity contribution in [1.82, 2.24) is 0 Å². The monoisotopic (exact) mass is 279 g/mol. The molecule has 7 heteroatoms. The van der Waals surface area contributed by atoms with Crippen molar-refractivity contribution in [2.75, 3.05) is 13.7 Å². The molecule has 0 aliphatic carbocycles. The van der Waals surface area contributed by atoms with E-state index in [2.05, 4.69) is 4.74 Å². The third-order valence-corrected chi connectivity index (χ3v) is 2.69. The smallest absolute Gasteiger partial charge is 0.419 e. The van der Waals surface area contributed by atoms with Gasteiger partial charge in [0.15, 0.2) is 0 Å². The molecular formula is C12H13F4NO2. The maximum Gasteiger partial charge on any atom is 0.419 e. The van der Waals surface area contributed by atoms with Gasteiger partial charge in [-0.2, -0.15) is 13.2 Å². The van der Waals surface area contributed by atoms with Crippen molar-refractivity contribution in [3.8, 4) is 0 Å². The van der Waals surface area contributed by atoms with Crippen molar-refractivity contribution in [3.63, 3.8) is 0 Å². The van der Waals surface area contributed by atoms with Gasteiger partial charge in [0.2, 0.25) is 0 Å². The van der Waals surface area contributed by atoms with Crippen molar-refractivity contribution >= 4 is 5.97 Å². The van der Waals surface area contributed by atoms with Gasteiger partial charge in [-0.3, -0.25) is 4.79 Å². The number of benzene rings is 1. The molecule has 0 amide bonds. The van der Waals surface area contributed by atoms with E-state index < -0.39 is 29.4 Å². The average molecular weight is 279 g/mol. The highest BCUT2D eigenvalue weighted by molar-refractivity contribution is 5.70. The number of ether oxygens (including phenoxy) is 1. The van der Waals surface area contributed by atoms with E-state index >= 15 is 0 Å². The van der Waals surface area contributed by atoms with Gasteiger partial charge in [0.25, 0.3) is 0 Å². The van der Waals surface area contributed by atoms with E-state index in [4.69, 9.17) is 5.73 Å². The molecule has 1 unspecified atom stereocenters. The zero-order valence-corrected chi connectivity index (χ0v) is 10.1. The van der Waals surface area contributed by atoms with Crippen LogP contribution >= 0.6 is 0 Å². The zero-order valence-electron chi connectivity index (χ0n) is 10.1. The van der Waals surface area contributed by atoms with E-state index in [1.807, 2.05) is 0 Å². The predicted molar refractivity (Wildman–Crippen MR) is 59.8 cm³/mol. The molecule has 0 spiro atoms. The summed E-state index contributed by atoms with van der Waals surface area (Å²) >= 11 is 0. The number of nitrogens with two attached hydrogens (primary N) is 1. The summed E-state index contributed by atoms with van der Waals surface area (Å²) in [5, 5.41) is 0. The minimum absolute atomic E-state index is 0.0436. The maximum absolute atomic E-state index is 13.1. The summed E-state index contributed by atoms with van der Waals surface area (Å²) in [6.45, 7) is -0.0436. The lowest BCUT2D eigenvalue weighted by Crippen LogP contribution is -2.18. The highest BCUT2D eigenvalue weighted by Crippen LogP contribution is 2.33. The minimum Gasteiger partial charge on any atom is -0.469 e. The van der Waals surface area contributed by atoms with Crippen LogP contribution in [0.5, 0.6) is 0 Å². The molecule has 1 aromatic carbocycles. The van der Waals surface area contributed by atoms with Crippen molar-refractivity contribution in [2.24, 2.45) is 5.73 Å². The summed E-state index contributed by atoms with van der Waals surface area (Å²) in [6, 6.07) is 2.58. The Balaban J connectivity index is 3.09. The fourth-order valence-electron chi connectivity index (χ4n) is 1.64. The Bertz CT molecular complexity index is 460. The van der Waals surface area contributed by atoms with E-state index in [0.717, 1.165) is 6.07 Å². The van der Waals surface area contributed by atoms with Crippen molar-refractivity contribution < 1.29 is 27.1 Å². The molecule has 0 aliphatic heterocycles. The fraction of sp³-hybridized carbons (Fsp3) is 0.417. The van der Waals surface area contributed by atoms with Crippen molar-refractivity contribution in [3.05, 3.63) is 35.1 Å². The van der Waals surface area contributed by atoms with E-state index in [1.54, 1.807) is 0 Å². The molecule has 0 heterocycles. The fourth-order valence-corrected chi connectivity index (χ4v) is 1.64. The molecule has 19 heavy (non-hydrogen) atoms. The zero-order chi connectivity index (χ0) is 14.6. The first-order valence-corrected chi connectivity index (χ1v) is 5.43. The summed E-state index contributed by atoms with van der Waals surface area (Å²) in [5.74, 6) is -2.59. The molecule has 0 fully saturated rings. The molecule has 3 nitrogen and oxygen atoms in total. The topological polar surface area (TPSA) is 52.3 Å². The van der Waals surface area contributed by atoms with Gasteiger partial charge in [-0.15, -0.1) is 0 Å². The summed E-state index contributed by atoms with van der Waals surface area (Å²) < 4.78 is 55.2. The number of rotatable bonds is 4. The van der Waals surface area contributed by atoms with Crippen molar-refractivity contribution in [1.29, 1.82) is 0 Å². The largest absolute Gasteiger partial charge is 0.469 e. The molecule has 1 aromatic rings. The number of hydrogen-bond acceptors (Lipinski definition) is 3. The highest BCUT2D eigenvalue weighted by Gasteiger charge is 2.34. The van der Waals surface area contributed by atoms with Crippen LogP contribution in [0.1, 0.15) is 23.5 Å². The minimum atomic E-state index is -4.79. The summed E-state index contributed by atoms with van der Waals surface area (Å²) in [7, 11) is 1.17. The molecule has 1 rings (SSSR count). The average Bonchev–Trinajstić information content (AvgIpc) is 2.35. The van der Waals surface area contributed by atoms with Gasteiger partial charge in [-0.05, 0) is 24.2 Å². The molecule has 0 bridgehead atoms. The van der Waals surface area contributed by atoms with Gasteiger partial charge in [0.05, 0.1) is 19.1 Å². The van der Waals surface area contributed by atoms with Gasteiger partial charge in [-0.1, -0.05) is 6.07 Å². The van der Waals surface area contributed by atoms with Crippen LogP contribution in [-0.2, 0) is 15.7 Å². The second-order valence-electron chi connectivity index (χ2n) is 3.95. The molecular weight excluding hydrogens is 266 g/mol. The first-order valence-electron chi connectivity index (χ1n) is 5.43. The Morgan fingerprint density at radius 2 is 2.05 bits per heavy atom. The number of carbonyl (C=O) groups excluding carboxylic acids is 1. The summed E-state index contributed by atoms with van der Waals surface area (Å²) in [4.78, 5) is 11.1. The lowest BCUT2D eigenvalue weighted by Gasteiger charge is -2.16. The molecule has 0 saturated carbocycles. The van der Waals surface area contributed by atoms with E-state index in [1.165, 1.54) is 13.2 Å². The number of methoxy groups -OCH3 is 1. The van der Waals surface area contributed by atoms with E-state index in [0.29, 0.717) is 6.07 Å². The molecule has 0 saturated heterocycles. The Labute approximate surface area is 107 Å². The Morgan fingerprint density at radius 1 is 1.42 bits per heavy atom. The van der Waals surface area contributed by atoms with Crippen LogP contribution in [0.2, 0.25) is 0 Å². The first-order chi connectivity index (χ1) is 8.79. The molecule has 1 atom stereocenters. The molecule has 0 radical (unpaired) electrons. The lowest BCUT2D eigenvalue weighted by molar-refractivity contribution is -0.141. The van der Waals surface area contributed by atoms with Gasteiger partial charge in [-0.25, -0.2) is 4.39 Å². The van der Waals surface area contributed by atoms with Crippen LogP contribution in [0, 0.1) is 5.82 Å². The maximum atomic E-state index is 13.1. The second-order valence-corrected chi connectivity index (χ2v) is 3.95. The van der Waals surface area contributed by atoms with Crippen LogP contribution in [0.3, 0.4) is 0 Å². The molecule has 0 aliphatic rings. The standard InChI is InChI=1S/C12H13F4NO2/c1-19-11(18)5-8(6-17)7-2-3-10(13)9(4-7)12(14,15)16/h2-4,8H,5-6,17H2,1H3. The Hall–Kier alpha value is -1.63. The Morgan fingerprint density at radius 3 is 2.53 bits per heavy atom. The molecule has 0 aromatic heterocycles. The molecule has 2 N–H and O–H groups in total. The van der Waals surface area contributed by atoms with Crippen LogP contribution in [0.4, 0.5) is 17.6 Å². The SMILES string of the molecule is COC(=O)CC(CN)c1ccc(F)c(C(F)(F)F)c1. The quantitative estimate of drug-likeness (QED) is 0.680. The summed E-state index contributed by atoms with van der Waals surface area (Å²) in [5.41, 5.74) is 4.21. The van der Waals surface area contributed by atoms with Gasteiger partial charge < -0.3 is 10.5 Å². The van der Waals surface area contributed by atoms with Crippen LogP contribution in [0.25, 0.3) is 0 Å². The number of halogens is 4. The Kier molecular flexibility index (Phi) is 4.88. The lowest BCUT2D eigenvalue weighted by atomic mass is 9.94. The van der Waals surface area contributed by atoms with Gasteiger partial charge >= 0.3 is 12.1 Å². The third-order valence-electron chi connectivity index (χ3n) is 2.69. The number of carbonyl (C=O) groups is 1. The third kappa shape index (κ3) is 3.92. The van der Waals surface area contributed by atoms with Gasteiger partial charge in [0, 0.05) is 5.92 Å². The van der Waals surface area contributed by atoms with E-state index in [-0.39, 0.29) is 18.5 Å². The van der Waals surface area contributed by atoms with Gasteiger partial charge in [0.1, 0.15) is 5.82 Å².